The van der Waals surface area contributed by atoms with Gasteiger partial charge >= 0.3 is 0 Å². The van der Waals surface area contributed by atoms with Crippen molar-refractivity contribution in [3.63, 3.8) is 0 Å². The fraction of sp³-hybridized carbons (Fsp3) is 0.760. The molecule has 12 nitrogen and oxygen atoms in total. The van der Waals surface area contributed by atoms with E-state index in [1.54, 1.807) is 32.8 Å². The van der Waals surface area contributed by atoms with Crippen molar-refractivity contribution >= 4 is 71.1 Å². The van der Waals surface area contributed by atoms with Crippen LogP contribution < -0.4 is 27.5 Å². The Morgan fingerprint density at radius 2 is 1.12 bits per heavy atom. The number of carboxylic acids is 2. The van der Waals surface area contributed by atoms with E-state index in [2.05, 4.69) is 45.3 Å². The molecule has 0 bridgehead atoms. The second-order valence-electron chi connectivity index (χ2n) is 5.61. The van der Waals surface area contributed by atoms with Crippen LogP contribution >= 0.6 is 36.6 Å². The van der Waals surface area contributed by atoms with E-state index in [0.717, 1.165) is 37.5 Å². The first-order chi connectivity index (χ1) is 17.7. The number of thiocarbonyl (C=S) groups is 1. The second-order valence-corrected chi connectivity index (χ2v) is 7.93. The molecule has 0 heterocycles. The number of carboxylic acid groups (broad SMARTS) is 2. The van der Waals surface area contributed by atoms with E-state index in [0.29, 0.717) is 17.3 Å². The summed E-state index contributed by atoms with van der Waals surface area (Å²) in [7, 11) is 6.41. The normalized spacial score (nSPS) is 7.42. The summed E-state index contributed by atoms with van der Waals surface area (Å²) in [6, 6.07) is 0. The van der Waals surface area contributed by atoms with Crippen LogP contribution in [0.15, 0.2) is 5.10 Å². The summed E-state index contributed by atoms with van der Waals surface area (Å²) < 4.78 is 0. The summed E-state index contributed by atoms with van der Waals surface area (Å²) in [5.41, 5.74) is 12.7. The largest absolute Gasteiger partial charge is 0.481 e. The zero-order valence-corrected chi connectivity index (χ0v) is 28.0. The van der Waals surface area contributed by atoms with Gasteiger partial charge in [-0.2, -0.15) is 29.5 Å². The molecule has 0 aliphatic rings. The van der Waals surface area contributed by atoms with Crippen molar-refractivity contribution in [2.24, 2.45) is 16.6 Å². The molecule has 0 saturated carbocycles. The molecule has 15 heteroatoms. The highest BCUT2D eigenvalue weighted by molar-refractivity contribution is 7.99. The number of thioether (sulfide) groups is 1. The predicted molar refractivity (Wildman–Crippen MR) is 186 cm³/mol. The van der Waals surface area contributed by atoms with Gasteiger partial charge in [-0.1, -0.05) is 42.5 Å². The monoisotopic (exact) mass is 640 g/mol. The molecule has 0 saturated heterocycles. The third kappa shape index (κ3) is 195. The number of amides is 1. The van der Waals surface area contributed by atoms with Crippen LogP contribution in [-0.4, -0.2) is 90.1 Å². The lowest BCUT2D eigenvalue weighted by Gasteiger charge is -2.00. The lowest BCUT2D eigenvalue weighted by atomic mass is 10.3. The van der Waals surface area contributed by atoms with Gasteiger partial charge in [0.25, 0.3) is 11.9 Å². The van der Waals surface area contributed by atoms with E-state index in [1.165, 1.54) is 14.1 Å². The Morgan fingerprint density at radius 1 is 0.825 bits per heavy atom. The van der Waals surface area contributed by atoms with E-state index in [-0.39, 0.29) is 26.5 Å². The first kappa shape index (κ1) is 66.4. The Bertz CT molecular complexity index is 537. The summed E-state index contributed by atoms with van der Waals surface area (Å²) in [6.07, 6.45) is 1.61. The fourth-order valence-electron chi connectivity index (χ4n) is 0.548. The van der Waals surface area contributed by atoms with Gasteiger partial charge < -0.3 is 37.1 Å². The predicted octanol–water partition coefficient (Wildman–Crippen LogP) is 3.88. The number of carbonyl (C=O) groups is 4. The van der Waals surface area contributed by atoms with Crippen LogP contribution in [-0.2, 0) is 19.2 Å². The maximum Gasteiger partial charge on any atom is 0.300 e. The van der Waals surface area contributed by atoms with Gasteiger partial charge in [0, 0.05) is 40.1 Å². The number of ketones is 1. The summed E-state index contributed by atoms with van der Waals surface area (Å²) in [5, 5.41) is 24.7. The van der Waals surface area contributed by atoms with Gasteiger partial charge in [0.05, 0.1) is 5.75 Å². The zero-order valence-electron chi connectivity index (χ0n) is 25.4. The second kappa shape index (κ2) is 71.0. The third-order valence-corrected chi connectivity index (χ3v) is 3.47. The molecule has 0 aliphatic carbocycles. The van der Waals surface area contributed by atoms with Crippen molar-refractivity contribution < 1.29 is 29.4 Å². The number of hydrogen-bond donors (Lipinski definition) is 8. The average molecular weight is 641 g/mol. The summed E-state index contributed by atoms with van der Waals surface area (Å²) in [5.74, 6) is 1.24. The Kier molecular flexibility index (Phi) is 118. The lowest BCUT2D eigenvalue weighted by Crippen LogP contribution is -2.29. The van der Waals surface area contributed by atoms with Gasteiger partial charge in [-0.25, -0.2) is 0 Å². The molecule has 0 atom stereocenters. The molecule has 0 aromatic carbocycles. The molecule has 40 heavy (non-hydrogen) atoms. The maximum atomic E-state index is 10.4. The summed E-state index contributed by atoms with van der Waals surface area (Å²) in [4.78, 5) is 38.3. The Morgan fingerprint density at radius 3 is 1.30 bits per heavy atom. The molecule has 0 unspecified atom stereocenters. The van der Waals surface area contributed by atoms with E-state index in [9.17, 15) is 9.59 Å². The number of rotatable bonds is 6. The van der Waals surface area contributed by atoms with Crippen LogP contribution in [0.4, 0.5) is 0 Å². The number of nitrogens with two attached hydrogens (primary N) is 2. The quantitative estimate of drug-likeness (QED) is 0.0900. The molecule has 0 radical (unpaired) electrons. The highest BCUT2D eigenvalue weighted by atomic mass is 32.2. The molecule has 0 fully saturated rings. The van der Waals surface area contributed by atoms with Gasteiger partial charge in [-0.05, 0) is 58.1 Å². The van der Waals surface area contributed by atoms with Gasteiger partial charge in [-0.3, -0.25) is 19.8 Å². The van der Waals surface area contributed by atoms with Crippen LogP contribution in [0.3, 0.4) is 0 Å². The minimum absolute atomic E-state index is 0. The Hall–Kier alpha value is -1.94. The van der Waals surface area contributed by atoms with Crippen LogP contribution in [0.1, 0.15) is 83.1 Å². The minimum atomic E-state index is -0.833. The molecule has 0 aromatic heterocycles. The molecule has 9 N–H and O–H groups in total. The molecule has 0 aromatic rings. The van der Waals surface area contributed by atoms with Gasteiger partial charge in [0.15, 0.2) is 5.11 Å². The number of hydrazone groups is 1. The first-order valence-electron chi connectivity index (χ1n) is 11.6. The summed E-state index contributed by atoms with van der Waals surface area (Å²) >= 11 is 10.2. The number of thiol groups is 1. The molecule has 248 valence electrons. The SMILES string of the molecule is C.C.CC(=O)O.CC(=O)O.CC/C(C)=N\NC(=S)NC.CCC(C)=O.CCS.CCSCC(=O)NC.CN.CN. The third-order valence-electron chi connectivity index (χ3n) is 2.30. The number of aliphatic carboxylic acids is 2. The topological polar surface area (TPSA) is 209 Å². The number of hydrogen-bond acceptors (Lipinski definition) is 10. The van der Waals surface area contributed by atoms with E-state index < -0.39 is 11.9 Å². The number of nitrogens with one attached hydrogen (secondary N) is 3. The zero-order chi connectivity index (χ0) is 32.5. The molecular weight excluding hydrogens is 577 g/mol. The molecule has 1 amide bonds. The number of Topliss-reactive ketones (excluding diaryl/α,β-unsaturated/α-hetero) is 1. The van der Waals surface area contributed by atoms with Crippen molar-refractivity contribution in [3.8, 4) is 0 Å². The fourth-order valence-corrected chi connectivity index (χ4v) is 1.13. The molecule has 0 spiro atoms. The van der Waals surface area contributed by atoms with Gasteiger partial charge in [0.2, 0.25) is 5.91 Å². The molecule has 0 rings (SSSR count). The number of nitrogens with zero attached hydrogens (tertiary/aromatic N) is 1. The van der Waals surface area contributed by atoms with Gasteiger partial charge in [-0.15, -0.1) is 0 Å². The van der Waals surface area contributed by atoms with Crippen LogP contribution in [0.5, 0.6) is 0 Å². The van der Waals surface area contributed by atoms with Crippen LogP contribution in [0, 0.1) is 0 Å². The van der Waals surface area contributed by atoms with Crippen LogP contribution in [0.2, 0.25) is 0 Å². The van der Waals surface area contributed by atoms with Crippen molar-refractivity contribution in [3.05, 3.63) is 0 Å². The highest BCUT2D eigenvalue weighted by Crippen LogP contribution is 1.95. The molecular formula is C25H64N6O6S3. The van der Waals surface area contributed by atoms with Crippen molar-refractivity contribution in [1.82, 2.24) is 16.1 Å². The Balaban J connectivity index is -0.0000000340. The highest BCUT2D eigenvalue weighted by Gasteiger charge is 1.93. The lowest BCUT2D eigenvalue weighted by molar-refractivity contribution is -0.135. The van der Waals surface area contributed by atoms with Crippen LogP contribution in [0.25, 0.3) is 0 Å². The van der Waals surface area contributed by atoms with Crippen molar-refractivity contribution in [2.75, 3.05) is 45.4 Å². The Labute approximate surface area is 261 Å². The minimum Gasteiger partial charge on any atom is -0.481 e. The van der Waals surface area contributed by atoms with Crippen molar-refractivity contribution in [1.29, 1.82) is 0 Å². The summed E-state index contributed by atoms with van der Waals surface area (Å²) in [6.45, 7) is 13.6. The molecule has 0 aliphatic heterocycles. The van der Waals surface area contributed by atoms with Gasteiger partial charge in [0.1, 0.15) is 5.78 Å². The van der Waals surface area contributed by atoms with E-state index in [1.807, 2.05) is 34.6 Å². The maximum absolute atomic E-state index is 10.4. The van der Waals surface area contributed by atoms with Crippen molar-refractivity contribution in [2.45, 2.75) is 83.1 Å². The van der Waals surface area contributed by atoms with E-state index >= 15 is 0 Å². The average Bonchev–Trinajstić information content (AvgIpc) is 2.88. The first-order valence-corrected chi connectivity index (χ1v) is 13.8. The standard InChI is InChI=1S/C6H13N3S.C5H11NOS.C4H8O.2C2H4O2.C2H6S.2CH5N.2CH4/c1-4-5(2)8-9-6(10)7-3;1-3-8-4-5(7)6-2;1-3-4(2)5;2*1-2(3)4;1-2-3;2*1-2;;/h4H2,1-3H3,(H2,7,9,10);3-4H2,1-2H3,(H,6,7);3H2,1-2H3;2*1H3,(H,3,4);3H,2H2,1H3;2*2H2,1H3;2*1H4/b8-5-;;;;;;;;;. The smallest absolute Gasteiger partial charge is 0.300 e. The number of carbonyl (C=O) groups excluding carboxylic acids is 2. The van der Waals surface area contributed by atoms with E-state index in [4.69, 9.17) is 32.0 Å².